The Labute approximate surface area is 898 Å². The highest BCUT2D eigenvalue weighted by Crippen LogP contribution is 2.44. The Bertz CT molecular complexity index is 6400. The van der Waals surface area contributed by atoms with Crippen molar-refractivity contribution < 1.29 is 17.9 Å². The number of aromatic nitrogens is 9. The second-order valence-corrected chi connectivity index (χ2v) is 54.9. The molecule has 0 radical (unpaired) electrons. The first-order chi connectivity index (χ1) is 67.8. The van der Waals surface area contributed by atoms with E-state index in [4.69, 9.17) is 4.42 Å². The molecule has 17 heteroatoms. The number of allylic oxidation sites excluding steroid dienone is 1. The van der Waals surface area contributed by atoms with Crippen LogP contribution in [0.3, 0.4) is 0 Å². The van der Waals surface area contributed by atoms with Crippen molar-refractivity contribution in [3.63, 3.8) is 0 Å². The molecule has 0 saturated heterocycles. The predicted octanol–water partition coefficient (Wildman–Crippen LogP) is 35.8. The Balaban J connectivity index is 0.000000234. The lowest BCUT2D eigenvalue weighted by Gasteiger charge is -2.26. The molecule has 0 aliphatic carbocycles. The minimum Gasteiger partial charge on any atom is -0.420 e. The summed E-state index contributed by atoms with van der Waals surface area (Å²) >= 11 is 0. The second-order valence-electron chi connectivity index (χ2n) is 53.2. The molecule has 808 valence electrons. The first-order valence-electron chi connectivity index (χ1n) is 54.4. The van der Waals surface area contributed by atoms with Gasteiger partial charge in [0.1, 0.15) is 0 Å². The molecule has 0 spiro atoms. The molecule has 6 heterocycles. The van der Waals surface area contributed by atoms with Gasteiger partial charge in [-0.05, 0) is 290 Å². The molecule has 0 unspecified atom stereocenters. The third-order valence-corrected chi connectivity index (χ3v) is 28.4. The summed E-state index contributed by atoms with van der Waals surface area (Å²) in [6.07, 6.45) is 16.5. The summed E-state index contributed by atoms with van der Waals surface area (Å²) in [6.45, 7) is 108. The van der Waals surface area contributed by atoms with E-state index in [2.05, 4.69) is 487 Å². The van der Waals surface area contributed by atoms with Crippen molar-refractivity contribution in [1.29, 1.82) is 0 Å². The maximum atomic E-state index is 12.6. The van der Waals surface area contributed by atoms with Gasteiger partial charge >= 0.3 is 0 Å². The largest absolute Gasteiger partial charge is 0.420 e. The molecular formula is C131H194N12O4S. The van der Waals surface area contributed by atoms with Gasteiger partial charge in [0.15, 0.2) is 0 Å². The number of hydrogen-bond acceptors (Lipinski definition) is 12. The van der Waals surface area contributed by atoms with Crippen LogP contribution >= 0.6 is 0 Å². The van der Waals surface area contributed by atoms with Crippen LogP contribution in [0.15, 0.2) is 203 Å². The van der Waals surface area contributed by atoms with Crippen LogP contribution in [0.4, 0.5) is 5.95 Å². The summed E-state index contributed by atoms with van der Waals surface area (Å²) in [5.41, 5.74) is 31.7. The van der Waals surface area contributed by atoms with Crippen LogP contribution < -0.4 is 10.0 Å². The van der Waals surface area contributed by atoms with E-state index in [9.17, 15) is 13.5 Å². The molecule has 0 fully saturated rings. The zero-order valence-corrected chi connectivity index (χ0v) is 102. The Kier molecular flexibility index (Phi) is 41.8. The number of sulfonamides is 1. The summed E-state index contributed by atoms with van der Waals surface area (Å²) in [5, 5.41) is 31.1. The number of rotatable bonds is 20. The van der Waals surface area contributed by atoms with Crippen molar-refractivity contribution in [3.05, 3.63) is 278 Å². The Morgan fingerprint density at radius 1 is 0.392 bits per heavy atom. The quantitative estimate of drug-likeness (QED) is 0.0657. The zero-order valence-electron chi connectivity index (χ0n) is 101. The first-order valence-corrected chi connectivity index (χ1v) is 55.9. The van der Waals surface area contributed by atoms with Crippen LogP contribution in [-0.2, 0) is 65.6 Å². The fourth-order valence-corrected chi connectivity index (χ4v) is 19.3. The highest BCUT2D eigenvalue weighted by atomic mass is 32.2. The normalized spacial score (nSPS) is 13.1. The number of nitrogens with zero attached hydrogens (tertiary/aromatic N) is 10. The lowest BCUT2D eigenvalue weighted by molar-refractivity contribution is 0.0753. The molecule has 1 aliphatic heterocycles. The van der Waals surface area contributed by atoms with Crippen LogP contribution in [0.2, 0.25) is 0 Å². The Morgan fingerprint density at radius 3 is 1.06 bits per heavy atom. The number of aliphatic imine (C=N–C) groups is 1. The van der Waals surface area contributed by atoms with E-state index in [1.54, 1.807) is 52.8 Å². The molecule has 3 N–H and O–H groups in total. The van der Waals surface area contributed by atoms with Crippen molar-refractivity contribution in [1.82, 2.24) is 49.0 Å². The zero-order chi connectivity index (χ0) is 112. The van der Waals surface area contributed by atoms with Gasteiger partial charge in [0, 0.05) is 111 Å². The van der Waals surface area contributed by atoms with Gasteiger partial charge in [0.25, 0.3) is 0 Å². The van der Waals surface area contributed by atoms with E-state index in [0.29, 0.717) is 70.9 Å². The van der Waals surface area contributed by atoms with Crippen molar-refractivity contribution in [2.75, 3.05) is 11.9 Å². The van der Waals surface area contributed by atoms with Crippen molar-refractivity contribution in [2.45, 2.75) is 459 Å². The summed E-state index contributed by atoms with van der Waals surface area (Å²) in [6, 6.07) is 51.4. The van der Waals surface area contributed by atoms with Gasteiger partial charge < -0.3 is 19.4 Å². The summed E-state index contributed by atoms with van der Waals surface area (Å²) < 4.78 is 40.1. The van der Waals surface area contributed by atoms with Crippen LogP contribution in [0, 0.1) is 0 Å². The van der Waals surface area contributed by atoms with Crippen LogP contribution in [0.25, 0.3) is 61.7 Å². The summed E-state index contributed by atoms with van der Waals surface area (Å²) in [7, 11) is -3.68. The Hall–Kier alpha value is -10.5. The van der Waals surface area contributed by atoms with Crippen molar-refractivity contribution in [3.8, 4) is 56.1 Å². The van der Waals surface area contributed by atoms with Crippen LogP contribution in [-0.4, -0.2) is 81.7 Å². The lowest BCUT2D eigenvalue weighted by Crippen LogP contribution is -2.41. The monoisotopic (exact) mass is 2030 g/mol. The first kappa shape index (κ1) is 124. The van der Waals surface area contributed by atoms with E-state index in [-0.39, 0.29) is 54.3 Å². The smallest absolute Gasteiger partial charge is 0.248 e. The molecule has 1 aliphatic rings. The van der Waals surface area contributed by atoms with E-state index in [1.807, 2.05) is 48.0 Å². The van der Waals surface area contributed by atoms with Gasteiger partial charge in [-0.25, -0.2) is 23.1 Å². The average Bonchev–Trinajstić information content (AvgIpc) is 1.38. The lowest BCUT2D eigenvalue weighted by atomic mass is 9.79. The molecule has 13 rings (SSSR count). The maximum Gasteiger partial charge on any atom is 0.248 e. The molecule has 7 aromatic carbocycles. The van der Waals surface area contributed by atoms with Gasteiger partial charge in [-0.15, -0.1) is 10.2 Å². The summed E-state index contributed by atoms with van der Waals surface area (Å²) in [5.74, 6) is 5.51. The molecule has 16 nitrogen and oxygen atoms in total. The molecule has 0 atom stereocenters. The van der Waals surface area contributed by atoms with Gasteiger partial charge in [-0.3, -0.25) is 14.4 Å². The van der Waals surface area contributed by atoms with Gasteiger partial charge in [-0.2, -0.15) is 10.2 Å². The number of anilines is 1. The molecule has 0 bridgehead atoms. The van der Waals surface area contributed by atoms with Crippen LogP contribution in [0.1, 0.15) is 476 Å². The second kappa shape index (κ2) is 49.8. The SMILES string of the molecule is CC(C)Nc1ncc(-c2ccc(C(C)C)cc2C(C)(C)C)cn1.CC(C)c1ccc(-c2cccn2C(C)C)c(C(C)(C)C)c1.CC(C)c1ccc(-c2cnn(C(C)(C)C)c2)c(C(C)(C)C)c1.CC(C)c1ccc(-c2nnc(C(C)(C)C)o2)c(C(C)(C)C)c1.CC(C)c1ccc(S(=O)(=O)NC(C)(C)C)c(C(C)(C)O)c1.CC1=NCC=C1c1ccc(C(C)C)cc1C(C)(C)C.CCn1cc(-c2ccc(C(C)C)cc2C(C)(C)C)cn1. The highest BCUT2D eigenvalue weighted by Gasteiger charge is 2.34. The maximum absolute atomic E-state index is 12.6. The minimum absolute atomic E-state index is 0.0119. The number of aryl methyl sites for hydroxylation is 1. The average molecular weight is 2030 g/mol. The molecule has 5 aromatic heterocycles. The van der Waals surface area contributed by atoms with Gasteiger partial charge in [0.2, 0.25) is 27.8 Å². The molecule has 0 saturated carbocycles. The number of aliphatic hydroxyl groups is 1. The van der Waals surface area contributed by atoms with E-state index in [1.165, 1.54) is 123 Å². The highest BCUT2D eigenvalue weighted by molar-refractivity contribution is 7.89. The van der Waals surface area contributed by atoms with Gasteiger partial charge in [0.05, 0.1) is 35.0 Å². The van der Waals surface area contributed by atoms with Crippen molar-refractivity contribution in [2.24, 2.45) is 4.99 Å². The third-order valence-electron chi connectivity index (χ3n) is 26.6. The number of nitrogens with one attached hydrogen (secondary N) is 2. The van der Waals surface area contributed by atoms with E-state index >= 15 is 0 Å². The topological polar surface area (TPSA) is 196 Å². The predicted molar refractivity (Wildman–Crippen MR) is 636 cm³/mol. The molecular weight excluding hydrogens is 1840 g/mol. The number of benzene rings is 7. The standard InChI is InChI=1S/C20H29N3.C20H30N2.C20H29N.C19H28N2O.C18H26N2.C18H25N.C16H27NO3S/c1-13(2)15-8-9-17(18(10-15)20(5,6)7)16-11-21-19(22-12-16)23-14(3)4;1-14(2)15-9-10-17(18(11-15)19(3,4)5)16-12-21-22(13-16)20(6,7)8;1-14(2)16-10-11-17(18(13-16)20(5,6)7)19-9-8-12-21(19)15(3)4;1-12(2)13-9-10-14(15(11-13)18(3,4)5)16-20-21-17(22-16)19(6,7)8;1-7-20-12-15(11-19-20)16-9-8-14(13(2)3)10-17(16)18(4,5)6;1-12(2)14-7-8-16(15-9-10-19-13(15)3)17(11-14)18(4,5)6;1-11(2)12-8-9-14(13(10-12)16(6,7)18)21(19,20)17-15(3,4)5/h8-14H,1-7H3,(H,21,22,23);9-14H,1-8H3;8-15H,1-7H3;9-12H,1-8H3;8-13H,7H2,1-6H3;7-9,11-12H,10H2,1-6H3;8-11,17-18H,1-7H3. The molecule has 148 heavy (non-hydrogen) atoms. The van der Waals surface area contributed by atoms with Gasteiger partial charge in [-0.1, -0.05) is 364 Å². The molecule has 0 amide bonds. The Morgan fingerprint density at radius 2 is 0.736 bits per heavy atom. The number of hydrogen-bond donors (Lipinski definition) is 3. The third kappa shape index (κ3) is 34.8. The van der Waals surface area contributed by atoms with Crippen LogP contribution in [0.5, 0.6) is 0 Å². The van der Waals surface area contributed by atoms with Crippen molar-refractivity contribution >= 4 is 27.3 Å². The fourth-order valence-electron chi connectivity index (χ4n) is 17.5. The molecule has 12 aromatic rings. The van der Waals surface area contributed by atoms with E-state index in [0.717, 1.165) is 29.8 Å². The minimum atomic E-state index is -3.68. The fraction of sp³-hybridized carbons (Fsp3) is 0.534. The van der Waals surface area contributed by atoms with E-state index < -0.39 is 21.2 Å². The summed E-state index contributed by atoms with van der Waals surface area (Å²) in [4.78, 5) is 13.5.